The predicted molar refractivity (Wildman–Crippen MR) is 50.6 cm³/mol. The minimum Gasteiger partial charge on any atom is -0.395 e. The molecule has 0 aromatic rings. The fraction of sp³-hybridized carbons (Fsp3) is 0.444. The highest BCUT2D eigenvalue weighted by atomic mass is 16.3. The molecule has 1 N–H and O–H groups in total. The maximum atomic E-state index is 11.1. The maximum Gasteiger partial charge on any atom is 0.253 e. The van der Waals surface area contributed by atoms with E-state index in [1.54, 1.807) is 0 Å². The van der Waals surface area contributed by atoms with Crippen LogP contribution in [-0.4, -0.2) is 59.4 Å². The van der Waals surface area contributed by atoms with E-state index in [2.05, 4.69) is 0 Å². The predicted octanol–water partition coefficient (Wildman–Crippen LogP) is -1.64. The molecule has 0 radical (unpaired) electrons. The minimum absolute atomic E-state index is 0.140. The summed E-state index contributed by atoms with van der Waals surface area (Å²) in [5.41, 5.74) is 0. The molecule has 1 aliphatic rings. The van der Waals surface area contributed by atoms with E-state index in [9.17, 15) is 14.4 Å². The number of nitrogens with zero attached hydrogens (tertiary/aromatic N) is 2. The molecule has 0 aromatic carbocycles. The smallest absolute Gasteiger partial charge is 0.253 e. The molecule has 0 fully saturated rings. The number of hydrogen-bond donors (Lipinski definition) is 1. The van der Waals surface area contributed by atoms with E-state index in [1.165, 1.54) is 17.1 Å². The summed E-state index contributed by atoms with van der Waals surface area (Å²) < 4.78 is 0. The van der Waals surface area contributed by atoms with Gasteiger partial charge in [-0.05, 0) is 0 Å². The number of carbonyl (C=O) groups is 3. The van der Waals surface area contributed by atoms with E-state index in [0.717, 1.165) is 4.90 Å². The molecule has 0 saturated heterocycles. The molecule has 15 heavy (non-hydrogen) atoms. The SMILES string of the molecule is O=CN(CCO)CCN1C(=O)C=CC1=O. The average molecular weight is 212 g/mol. The fourth-order valence-corrected chi connectivity index (χ4v) is 1.23. The van der Waals surface area contributed by atoms with Crippen molar-refractivity contribution in [3.63, 3.8) is 0 Å². The van der Waals surface area contributed by atoms with Gasteiger partial charge in [-0.3, -0.25) is 19.3 Å². The number of amides is 3. The maximum absolute atomic E-state index is 11.1. The van der Waals surface area contributed by atoms with Gasteiger partial charge in [0.15, 0.2) is 0 Å². The lowest BCUT2D eigenvalue weighted by molar-refractivity contribution is -0.137. The van der Waals surface area contributed by atoms with Gasteiger partial charge in [-0.15, -0.1) is 0 Å². The van der Waals surface area contributed by atoms with Crippen molar-refractivity contribution >= 4 is 18.2 Å². The van der Waals surface area contributed by atoms with Crippen LogP contribution in [0, 0.1) is 0 Å². The molecule has 3 amide bonds. The van der Waals surface area contributed by atoms with Gasteiger partial charge in [-0.1, -0.05) is 0 Å². The van der Waals surface area contributed by atoms with Gasteiger partial charge >= 0.3 is 0 Å². The summed E-state index contributed by atoms with van der Waals surface area (Å²) in [6, 6.07) is 0. The summed E-state index contributed by atoms with van der Waals surface area (Å²) >= 11 is 0. The lowest BCUT2D eigenvalue weighted by atomic mass is 10.4. The van der Waals surface area contributed by atoms with Gasteiger partial charge in [0.25, 0.3) is 11.8 Å². The van der Waals surface area contributed by atoms with Crippen LogP contribution < -0.4 is 0 Å². The van der Waals surface area contributed by atoms with Crippen LogP contribution in [0.5, 0.6) is 0 Å². The molecular formula is C9H12N2O4. The molecule has 82 valence electrons. The van der Waals surface area contributed by atoms with Crippen molar-refractivity contribution in [2.24, 2.45) is 0 Å². The Balaban J connectivity index is 2.39. The Morgan fingerprint density at radius 1 is 1.27 bits per heavy atom. The summed E-state index contributed by atoms with van der Waals surface area (Å²) in [5, 5.41) is 8.60. The first-order chi connectivity index (χ1) is 7.19. The number of aliphatic hydroxyl groups excluding tert-OH is 1. The Labute approximate surface area is 86.8 Å². The normalized spacial score (nSPS) is 14.9. The number of imide groups is 1. The largest absolute Gasteiger partial charge is 0.395 e. The van der Waals surface area contributed by atoms with Gasteiger partial charge in [0, 0.05) is 31.8 Å². The number of rotatable bonds is 6. The standard InChI is InChI=1S/C9H12N2O4/c12-6-5-10(7-13)3-4-11-8(14)1-2-9(11)15/h1-2,7,12H,3-6H2. The lowest BCUT2D eigenvalue weighted by Gasteiger charge is -2.19. The Hall–Kier alpha value is -1.69. The van der Waals surface area contributed by atoms with Crippen LogP contribution in [-0.2, 0) is 14.4 Å². The molecular weight excluding hydrogens is 200 g/mol. The number of carbonyl (C=O) groups excluding carboxylic acids is 3. The van der Waals surface area contributed by atoms with Gasteiger partial charge in [0.2, 0.25) is 6.41 Å². The topological polar surface area (TPSA) is 77.9 Å². The lowest BCUT2D eigenvalue weighted by Crippen LogP contribution is -2.38. The van der Waals surface area contributed by atoms with Crippen molar-refractivity contribution in [3.8, 4) is 0 Å². The molecule has 6 heteroatoms. The van der Waals surface area contributed by atoms with Gasteiger partial charge < -0.3 is 10.0 Å². The highest BCUT2D eigenvalue weighted by molar-refractivity contribution is 6.12. The molecule has 0 aromatic heterocycles. The summed E-state index contributed by atoms with van der Waals surface area (Å²) in [6.07, 6.45) is 2.97. The van der Waals surface area contributed by atoms with Gasteiger partial charge in [-0.2, -0.15) is 0 Å². The van der Waals surface area contributed by atoms with Crippen LogP contribution in [0.3, 0.4) is 0 Å². The molecule has 1 heterocycles. The van der Waals surface area contributed by atoms with Crippen molar-refractivity contribution < 1.29 is 19.5 Å². The Kier molecular flexibility index (Phi) is 3.99. The Morgan fingerprint density at radius 2 is 1.87 bits per heavy atom. The van der Waals surface area contributed by atoms with Gasteiger partial charge in [0.1, 0.15) is 0 Å². The summed E-state index contributed by atoms with van der Waals surface area (Å²) in [4.78, 5) is 35.0. The van der Waals surface area contributed by atoms with E-state index in [0.29, 0.717) is 6.41 Å². The zero-order chi connectivity index (χ0) is 11.3. The second kappa shape index (κ2) is 5.26. The molecule has 0 atom stereocenters. The number of hydrogen-bond acceptors (Lipinski definition) is 4. The fourth-order valence-electron chi connectivity index (χ4n) is 1.23. The van der Waals surface area contributed by atoms with Crippen LogP contribution in [0.4, 0.5) is 0 Å². The molecule has 0 spiro atoms. The summed E-state index contributed by atoms with van der Waals surface area (Å²) in [5.74, 6) is -0.732. The van der Waals surface area contributed by atoms with E-state index in [4.69, 9.17) is 5.11 Å². The van der Waals surface area contributed by atoms with E-state index < -0.39 is 0 Å². The van der Waals surface area contributed by atoms with E-state index in [1.807, 2.05) is 0 Å². The van der Waals surface area contributed by atoms with Crippen LogP contribution in [0.1, 0.15) is 0 Å². The van der Waals surface area contributed by atoms with Crippen LogP contribution >= 0.6 is 0 Å². The first-order valence-electron chi connectivity index (χ1n) is 4.52. The summed E-state index contributed by atoms with van der Waals surface area (Å²) in [7, 11) is 0. The highest BCUT2D eigenvalue weighted by Crippen LogP contribution is 2.02. The molecule has 1 aliphatic heterocycles. The van der Waals surface area contributed by atoms with Crippen molar-refractivity contribution in [3.05, 3.63) is 12.2 Å². The second-order valence-electron chi connectivity index (χ2n) is 3.03. The Morgan fingerprint density at radius 3 is 2.33 bits per heavy atom. The molecule has 1 rings (SSSR count). The van der Waals surface area contributed by atoms with Crippen molar-refractivity contribution in [1.29, 1.82) is 0 Å². The van der Waals surface area contributed by atoms with Crippen molar-refractivity contribution in [1.82, 2.24) is 9.80 Å². The van der Waals surface area contributed by atoms with Crippen LogP contribution in [0.25, 0.3) is 0 Å². The second-order valence-corrected chi connectivity index (χ2v) is 3.03. The van der Waals surface area contributed by atoms with E-state index in [-0.39, 0.29) is 38.1 Å². The third-order valence-corrected chi connectivity index (χ3v) is 2.05. The van der Waals surface area contributed by atoms with Crippen LogP contribution in [0.15, 0.2) is 12.2 Å². The molecule has 0 saturated carbocycles. The van der Waals surface area contributed by atoms with Crippen molar-refractivity contribution in [2.75, 3.05) is 26.2 Å². The van der Waals surface area contributed by atoms with Crippen LogP contribution in [0.2, 0.25) is 0 Å². The molecule has 0 bridgehead atoms. The highest BCUT2D eigenvalue weighted by Gasteiger charge is 2.23. The van der Waals surface area contributed by atoms with E-state index >= 15 is 0 Å². The minimum atomic E-state index is -0.366. The van der Waals surface area contributed by atoms with Crippen molar-refractivity contribution in [2.45, 2.75) is 0 Å². The average Bonchev–Trinajstić information content (AvgIpc) is 2.54. The molecule has 6 nitrogen and oxygen atoms in total. The number of aliphatic hydroxyl groups is 1. The first kappa shape index (κ1) is 11.4. The monoisotopic (exact) mass is 212 g/mol. The zero-order valence-electron chi connectivity index (χ0n) is 8.13. The first-order valence-corrected chi connectivity index (χ1v) is 4.52. The van der Waals surface area contributed by atoms with Gasteiger partial charge in [-0.25, -0.2) is 0 Å². The molecule has 0 aliphatic carbocycles. The quantitative estimate of drug-likeness (QED) is 0.423. The third-order valence-electron chi connectivity index (χ3n) is 2.05. The summed E-state index contributed by atoms with van der Waals surface area (Å²) in [6.45, 7) is 0.457. The zero-order valence-corrected chi connectivity index (χ0v) is 8.13. The third kappa shape index (κ3) is 2.88. The van der Waals surface area contributed by atoms with Gasteiger partial charge in [0.05, 0.1) is 6.61 Å². The molecule has 0 unspecified atom stereocenters. The Bertz CT molecular complexity index is 282.